The fourth-order valence-corrected chi connectivity index (χ4v) is 4.36. The third-order valence-electron chi connectivity index (χ3n) is 4.59. The van der Waals surface area contributed by atoms with E-state index in [4.69, 9.17) is 0 Å². The standard InChI is InChI=1S/C21H22F2N2O4S/c22-21(23)29-18-8-6-17-14-19(9-7-16(17)13-18)30(27,28)25-11-10-24-20(26)12-15-4-2-1-3-5-15/h1-6,8,13-14,21,25H,7,9-12H2,(H,24,26). The molecule has 0 atom stereocenters. The molecular formula is C21H22F2N2O4S. The number of benzene rings is 2. The summed E-state index contributed by atoms with van der Waals surface area (Å²) < 4.78 is 56.6. The highest BCUT2D eigenvalue weighted by molar-refractivity contribution is 7.93. The van der Waals surface area contributed by atoms with Crippen molar-refractivity contribution in [1.29, 1.82) is 0 Å². The molecule has 1 aliphatic carbocycles. The average Bonchev–Trinajstić information content (AvgIpc) is 2.71. The lowest BCUT2D eigenvalue weighted by molar-refractivity contribution is -0.120. The van der Waals surface area contributed by atoms with E-state index in [1.54, 1.807) is 6.07 Å². The number of allylic oxidation sites excluding steroid dienone is 1. The molecule has 2 aromatic carbocycles. The maximum absolute atomic E-state index is 12.5. The lowest BCUT2D eigenvalue weighted by Gasteiger charge is -2.18. The second-order valence-electron chi connectivity index (χ2n) is 6.76. The molecule has 30 heavy (non-hydrogen) atoms. The molecule has 160 valence electrons. The van der Waals surface area contributed by atoms with Crippen molar-refractivity contribution in [2.24, 2.45) is 0 Å². The summed E-state index contributed by atoms with van der Waals surface area (Å²) in [6.45, 7) is -2.67. The molecule has 6 nitrogen and oxygen atoms in total. The minimum Gasteiger partial charge on any atom is -0.435 e. The molecule has 0 aromatic heterocycles. The van der Waals surface area contributed by atoms with Gasteiger partial charge >= 0.3 is 6.61 Å². The van der Waals surface area contributed by atoms with Crippen LogP contribution in [-0.2, 0) is 27.7 Å². The van der Waals surface area contributed by atoms with Crippen LogP contribution >= 0.6 is 0 Å². The van der Waals surface area contributed by atoms with Gasteiger partial charge < -0.3 is 10.1 Å². The zero-order valence-corrected chi connectivity index (χ0v) is 16.9. The van der Waals surface area contributed by atoms with E-state index in [0.717, 1.165) is 11.1 Å². The Hall–Kier alpha value is -2.78. The summed E-state index contributed by atoms with van der Waals surface area (Å²) in [7, 11) is -3.70. The first-order chi connectivity index (χ1) is 14.3. The first-order valence-electron chi connectivity index (χ1n) is 9.42. The smallest absolute Gasteiger partial charge is 0.387 e. The number of ether oxygens (including phenoxy) is 1. The third kappa shape index (κ3) is 6.11. The maximum Gasteiger partial charge on any atom is 0.387 e. The van der Waals surface area contributed by atoms with E-state index in [0.29, 0.717) is 12.0 Å². The Labute approximate surface area is 174 Å². The van der Waals surface area contributed by atoms with E-state index >= 15 is 0 Å². The highest BCUT2D eigenvalue weighted by Crippen LogP contribution is 2.29. The number of hydrogen-bond acceptors (Lipinski definition) is 4. The molecule has 0 saturated carbocycles. The summed E-state index contributed by atoms with van der Waals surface area (Å²) in [5.41, 5.74) is 2.28. The molecule has 1 amide bonds. The van der Waals surface area contributed by atoms with Gasteiger partial charge in [0, 0.05) is 13.1 Å². The van der Waals surface area contributed by atoms with Crippen LogP contribution in [0.3, 0.4) is 0 Å². The van der Waals surface area contributed by atoms with E-state index in [1.807, 2.05) is 30.3 Å². The predicted octanol–water partition coefficient (Wildman–Crippen LogP) is 2.85. The Kier molecular flexibility index (Phi) is 7.17. The number of fused-ring (bicyclic) bond motifs is 1. The van der Waals surface area contributed by atoms with E-state index in [-0.39, 0.29) is 42.5 Å². The topological polar surface area (TPSA) is 84.5 Å². The Morgan fingerprint density at radius 1 is 1.07 bits per heavy atom. The number of aryl methyl sites for hydroxylation is 1. The maximum atomic E-state index is 12.5. The van der Waals surface area contributed by atoms with Gasteiger partial charge in [-0.05, 0) is 47.7 Å². The van der Waals surface area contributed by atoms with Crippen LogP contribution in [0.1, 0.15) is 23.1 Å². The van der Waals surface area contributed by atoms with Crippen molar-refractivity contribution in [3.63, 3.8) is 0 Å². The fourth-order valence-electron chi connectivity index (χ4n) is 3.15. The largest absolute Gasteiger partial charge is 0.435 e. The molecule has 3 rings (SSSR count). The molecule has 2 N–H and O–H groups in total. The molecule has 0 fully saturated rings. The molecule has 0 spiro atoms. The first-order valence-corrected chi connectivity index (χ1v) is 10.9. The Morgan fingerprint density at radius 3 is 2.57 bits per heavy atom. The lowest BCUT2D eigenvalue weighted by atomic mass is 9.97. The van der Waals surface area contributed by atoms with Crippen molar-refractivity contribution < 1.29 is 26.7 Å². The summed E-state index contributed by atoms with van der Waals surface area (Å²) in [6.07, 6.45) is 2.41. The van der Waals surface area contributed by atoms with E-state index in [9.17, 15) is 22.0 Å². The van der Waals surface area contributed by atoms with Crippen LogP contribution in [0.4, 0.5) is 8.78 Å². The Morgan fingerprint density at radius 2 is 1.83 bits per heavy atom. The number of halogens is 2. The Balaban J connectivity index is 1.52. The van der Waals surface area contributed by atoms with Crippen LogP contribution in [0.15, 0.2) is 53.4 Å². The van der Waals surface area contributed by atoms with Gasteiger partial charge in [0.05, 0.1) is 11.3 Å². The number of nitrogens with one attached hydrogen (secondary N) is 2. The van der Waals surface area contributed by atoms with Crippen LogP contribution in [0.25, 0.3) is 6.08 Å². The van der Waals surface area contributed by atoms with Gasteiger partial charge in [-0.25, -0.2) is 13.1 Å². The van der Waals surface area contributed by atoms with E-state index in [2.05, 4.69) is 14.8 Å². The van der Waals surface area contributed by atoms with Crippen LogP contribution in [-0.4, -0.2) is 34.0 Å². The number of carbonyl (C=O) groups is 1. The SMILES string of the molecule is O=C(Cc1ccccc1)NCCNS(=O)(=O)C1=Cc2ccc(OC(F)F)cc2CC1. The van der Waals surface area contributed by atoms with E-state index < -0.39 is 16.6 Å². The van der Waals surface area contributed by atoms with Crippen molar-refractivity contribution in [1.82, 2.24) is 10.0 Å². The van der Waals surface area contributed by atoms with Crippen molar-refractivity contribution in [2.75, 3.05) is 13.1 Å². The van der Waals surface area contributed by atoms with E-state index in [1.165, 1.54) is 18.2 Å². The summed E-state index contributed by atoms with van der Waals surface area (Å²) >= 11 is 0. The van der Waals surface area contributed by atoms with Crippen LogP contribution in [0.5, 0.6) is 5.75 Å². The molecule has 9 heteroatoms. The zero-order valence-electron chi connectivity index (χ0n) is 16.1. The van der Waals surface area contributed by atoms with Crippen molar-refractivity contribution >= 4 is 22.0 Å². The number of rotatable bonds is 9. The molecule has 2 aromatic rings. The Bertz CT molecular complexity index is 1020. The quantitative estimate of drug-likeness (QED) is 0.592. The van der Waals surface area contributed by atoms with Gasteiger partial charge in [0.1, 0.15) is 5.75 Å². The van der Waals surface area contributed by atoms with Gasteiger partial charge in [-0.3, -0.25) is 4.79 Å². The van der Waals surface area contributed by atoms with Gasteiger partial charge in [-0.2, -0.15) is 8.78 Å². The third-order valence-corrected chi connectivity index (χ3v) is 6.19. The monoisotopic (exact) mass is 436 g/mol. The van der Waals surface area contributed by atoms with Crippen molar-refractivity contribution in [3.05, 3.63) is 70.1 Å². The van der Waals surface area contributed by atoms with Gasteiger partial charge in [0.2, 0.25) is 15.9 Å². The molecule has 1 aliphatic rings. The van der Waals surface area contributed by atoms with Gasteiger partial charge in [-0.1, -0.05) is 36.4 Å². The molecule has 0 radical (unpaired) electrons. The number of alkyl halides is 2. The molecule has 0 bridgehead atoms. The highest BCUT2D eigenvalue weighted by atomic mass is 32.2. The van der Waals surface area contributed by atoms with Crippen molar-refractivity contribution in [2.45, 2.75) is 25.9 Å². The second-order valence-corrected chi connectivity index (χ2v) is 8.58. The van der Waals surface area contributed by atoms with Crippen LogP contribution in [0, 0.1) is 0 Å². The molecule has 0 aliphatic heterocycles. The van der Waals surface area contributed by atoms with Gasteiger partial charge in [0.25, 0.3) is 0 Å². The van der Waals surface area contributed by atoms with Crippen LogP contribution in [0.2, 0.25) is 0 Å². The number of amides is 1. The van der Waals surface area contributed by atoms with Gasteiger partial charge in [0.15, 0.2) is 0 Å². The van der Waals surface area contributed by atoms with Crippen LogP contribution < -0.4 is 14.8 Å². The highest BCUT2D eigenvalue weighted by Gasteiger charge is 2.22. The summed E-state index contributed by atoms with van der Waals surface area (Å²) in [5.74, 6) is -0.138. The molecular weight excluding hydrogens is 414 g/mol. The predicted molar refractivity (Wildman–Crippen MR) is 109 cm³/mol. The summed E-state index contributed by atoms with van der Waals surface area (Å²) in [5, 5.41) is 2.68. The fraction of sp³-hybridized carbons (Fsp3) is 0.286. The van der Waals surface area contributed by atoms with Gasteiger partial charge in [-0.15, -0.1) is 0 Å². The average molecular weight is 436 g/mol. The number of carbonyl (C=O) groups excluding carboxylic acids is 1. The number of hydrogen-bond donors (Lipinski definition) is 2. The summed E-state index contributed by atoms with van der Waals surface area (Å²) in [6, 6.07) is 13.7. The lowest BCUT2D eigenvalue weighted by Crippen LogP contribution is -2.36. The molecule has 0 saturated heterocycles. The first kappa shape index (κ1) is 21.9. The minimum atomic E-state index is -3.70. The molecule has 0 unspecified atom stereocenters. The van der Waals surface area contributed by atoms with Crippen molar-refractivity contribution in [3.8, 4) is 5.75 Å². The zero-order chi connectivity index (χ0) is 21.6. The summed E-state index contributed by atoms with van der Waals surface area (Å²) in [4.78, 5) is 12.1. The minimum absolute atomic E-state index is 0.0489. The number of sulfonamides is 1. The normalized spacial score (nSPS) is 13.5. The second kappa shape index (κ2) is 9.82. The molecule has 0 heterocycles.